The minimum atomic E-state index is -5.58. The number of aromatic nitrogens is 4. The molecule has 0 spiro atoms. The highest BCUT2D eigenvalue weighted by atomic mass is 32.2. The first-order valence-corrected chi connectivity index (χ1v) is 28.2. The summed E-state index contributed by atoms with van der Waals surface area (Å²) in [6.07, 6.45) is 12.1. The number of amides is 2. The van der Waals surface area contributed by atoms with Crippen molar-refractivity contribution in [2.24, 2.45) is 11.3 Å². The number of nitrogen functional groups attached to an aromatic ring is 1. The molecule has 3 unspecified atom stereocenters. The average molecular weight is 1050 g/mol. The maximum Gasteiger partial charge on any atom is 0.481 e. The molecule has 1 saturated heterocycles. The second-order valence-corrected chi connectivity index (χ2v) is 22.6. The third-order valence-corrected chi connectivity index (χ3v) is 14.8. The largest absolute Gasteiger partial charge is 0.481 e. The fourth-order valence-electron chi connectivity index (χ4n) is 6.91. The van der Waals surface area contributed by atoms with Crippen molar-refractivity contribution in [3.05, 3.63) is 24.8 Å². The molecule has 0 bridgehead atoms. The molecule has 0 aliphatic carbocycles. The minimum Gasteiger partial charge on any atom is -0.386 e. The molecule has 1 aliphatic heterocycles. The van der Waals surface area contributed by atoms with Crippen LogP contribution in [0.4, 0.5) is 5.82 Å². The van der Waals surface area contributed by atoms with Crippen LogP contribution in [0.1, 0.15) is 124 Å². The van der Waals surface area contributed by atoms with Crippen LogP contribution < -0.4 is 16.4 Å². The van der Waals surface area contributed by atoms with Crippen molar-refractivity contribution in [3.63, 3.8) is 0 Å². The van der Waals surface area contributed by atoms with E-state index in [0.717, 1.165) is 54.7 Å². The highest BCUT2D eigenvalue weighted by molar-refractivity contribution is 8.13. The highest BCUT2D eigenvalue weighted by Gasteiger charge is 2.50. The number of hydrogen-bond acceptors (Lipinski definition) is 18. The van der Waals surface area contributed by atoms with Crippen molar-refractivity contribution < 1.29 is 80.5 Å². The normalized spacial score (nSPS) is 20.6. The Labute approximate surface area is 400 Å². The molecular weight excluding hydrogens is 975 g/mol. The summed E-state index contributed by atoms with van der Waals surface area (Å²) in [6, 6.07) is 0. The number of nitrogens with two attached hydrogens (primary N) is 1. The van der Waals surface area contributed by atoms with Gasteiger partial charge in [0.2, 0.25) is 11.8 Å². The van der Waals surface area contributed by atoms with E-state index in [1.807, 2.05) is 0 Å². The lowest BCUT2D eigenvalue weighted by atomic mass is 9.87. The van der Waals surface area contributed by atoms with Crippen molar-refractivity contribution in [2.75, 3.05) is 37.8 Å². The number of unbranched alkanes of at least 4 members (excludes halogenated alkanes) is 8. The SMILES string of the molecule is CCCCCC=CCC(C)CCCCCCCCC(=O)SCCNC(=O)CCNC(=O)[C@H](O)C(C)(C)COP(=O)(O)OP(=O)(O)OC[C@H]1O[C@@H](n2cnc3c(N)ncnc32)[C@H](O)[C@@H]1OP(=O)(O)O. The van der Waals surface area contributed by atoms with Crippen LogP contribution in [-0.2, 0) is 50.7 Å². The molecule has 0 radical (unpaired) electrons. The zero-order chi connectivity index (χ0) is 50.5. The number of phosphoric acid groups is 3. The standard InChI is InChI=1S/C40H70N7O17P3S/c1-5-6-7-8-11-14-17-28(2)18-15-12-9-10-13-16-19-31(49)68-23-22-42-30(48)20-21-43-38(52)35(51)40(3,4)25-61-67(58,59)64-66(56,57)60-24-29-34(63-65(53,54)55)33(50)39(62-29)47-27-46-32-36(41)44-26-45-37(32)47/h11,14,26-29,33-35,39,50-51H,5-10,12-13,15-25H2,1-4H3,(H,42,48)(H,43,52)(H,56,57)(H,58,59)(H2,41,44,45)(H2,53,54,55)/t28?,29-,33-,34-,35+,39-/m1/s1. The number of carbonyl (C=O) groups is 3. The Kier molecular flexibility index (Phi) is 25.4. The quantitative estimate of drug-likeness (QED) is 0.0254. The summed E-state index contributed by atoms with van der Waals surface area (Å²) in [7, 11) is -16.4. The number of hydrogen-bond donors (Lipinski definition) is 9. The lowest BCUT2D eigenvalue weighted by Gasteiger charge is -2.30. The maximum atomic E-state index is 12.7. The number of fused-ring (bicyclic) bond motifs is 1. The summed E-state index contributed by atoms with van der Waals surface area (Å²) in [5.41, 5.74) is 4.29. The second kappa shape index (κ2) is 29.0. The number of ether oxygens (including phenoxy) is 1. The van der Waals surface area contributed by atoms with Gasteiger partial charge < -0.3 is 50.9 Å². The van der Waals surface area contributed by atoms with E-state index in [-0.39, 0.29) is 41.6 Å². The third-order valence-electron chi connectivity index (χ3n) is 10.8. The first kappa shape index (κ1) is 59.6. The van der Waals surface area contributed by atoms with Gasteiger partial charge in [0.05, 0.1) is 19.5 Å². The van der Waals surface area contributed by atoms with Gasteiger partial charge in [0.15, 0.2) is 22.8 Å². The molecule has 388 valence electrons. The highest BCUT2D eigenvalue weighted by Crippen LogP contribution is 2.61. The van der Waals surface area contributed by atoms with Gasteiger partial charge >= 0.3 is 23.5 Å². The van der Waals surface area contributed by atoms with E-state index >= 15 is 0 Å². The van der Waals surface area contributed by atoms with Crippen LogP contribution in [-0.4, -0.2) is 123 Å². The fourth-order valence-corrected chi connectivity index (χ4v) is 10.5. The monoisotopic (exact) mass is 1050 g/mol. The Hall–Kier alpha value is -2.70. The first-order valence-electron chi connectivity index (χ1n) is 22.6. The number of aliphatic hydroxyl groups is 2. The average Bonchev–Trinajstić information content (AvgIpc) is 3.82. The molecule has 1 aliphatic rings. The van der Waals surface area contributed by atoms with Crippen molar-refractivity contribution in [2.45, 2.75) is 148 Å². The van der Waals surface area contributed by atoms with E-state index in [1.54, 1.807) is 0 Å². The van der Waals surface area contributed by atoms with Gasteiger partial charge in [-0.15, -0.1) is 0 Å². The number of nitrogens with zero attached hydrogens (tertiary/aromatic N) is 4. The molecule has 28 heteroatoms. The molecule has 24 nitrogen and oxygen atoms in total. The topological polar surface area (TPSA) is 364 Å². The number of rotatable bonds is 34. The van der Waals surface area contributed by atoms with Crippen molar-refractivity contribution in [3.8, 4) is 0 Å². The molecule has 68 heavy (non-hydrogen) atoms. The van der Waals surface area contributed by atoms with E-state index in [0.29, 0.717) is 18.1 Å². The fraction of sp³-hybridized carbons (Fsp3) is 0.750. The number of nitrogens with one attached hydrogen (secondary N) is 2. The Bertz CT molecular complexity index is 2080. The van der Waals surface area contributed by atoms with E-state index in [1.165, 1.54) is 65.2 Å². The number of aliphatic hydroxyl groups excluding tert-OH is 2. The van der Waals surface area contributed by atoms with Crippen LogP contribution in [0.3, 0.4) is 0 Å². The molecule has 2 aromatic rings. The lowest BCUT2D eigenvalue weighted by molar-refractivity contribution is -0.137. The van der Waals surface area contributed by atoms with Crippen LogP contribution in [0.25, 0.3) is 11.2 Å². The van der Waals surface area contributed by atoms with Gasteiger partial charge in [0.1, 0.15) is 36.3 Å². The van der Waals surface area contributed by atoms with Crippen LogP contribution >= 0.6 is 35.2 Å². The summed E-state index contributed by atoms with van der Waals surface area (Å²) in [4.78, 5) is 88.4. The Morgan fingerprint density at radius 1 is 0.941 bits per heavy atom. The Balaban J connectivity index is 1.30. The van der Waals surface area contributed by atoms with E-state index in [4.69, 9.17) is 19.5 Å². The molecule has 3 rings (SSSR count). The van der Waals surface area contributed by atoms with E-state index < -0.39 is 84.6 Å². The molecule has 2 amide bonds. The van der Waals surface area contributed by atoms with Crippen LogP contribution in [0.5, 0.6) is 0 Å². The van der Waals surface area contributed by atoms with Crippen LogP contribution in [0.15, 0.2) is 24.8 Å². The Morgan fingerprint density at radius 2 is 1.63 bits per heavy atom. The molecule has 10 N–H and O–H groups in total. The van der Waals surface area contributed by atoms with Gasteiger partial charge in [-0.25, -0.2) is 28.6 Å². The number of anilines is 1. The predicted molar refractivity (Wildman–Crippen MR) is 251 cm³/mol. The van der Waals surface area contributed by atoms with Crippen LogP contribution in [0.2, 0.25) is 0 Å². The molecule has 8 atom stereocenters. The van der Waals surface area contributed by atoms with Gasteiger partial charge in [0.25, 0.3) is 0 Å². The molecule has 1 fully saturated rings. The van der Waals surface area contributed by atoms with Gasteiger partial charge in [-0.1, -0.05) is 103 Å². The second-order valence-electron chi connectivity index (χ2n) is 17.3. The zero-order valence-electron chi connectivity index (χ0n) is 39.0. The Morgan fingerprint density at radius 3 is 2.34 bits per heavy atom. The van der Waals surface area contributed by atoms with Crippen molar-refractivity contribution in [1.82, 2.24) is 30.2 Å². The first-order chi connectivity index (χ1) is 31.9. The molecule has 3 heterocycles. The third kappa shape index (κ3) is 21.7. The van der Waals surface area contributed by atoms with Gasteiger partial charge in [0, 0.05) is 37.1 Å². The summed E-state index contributed by atoms with van der Waals surface area (Å²) in [5, 5.41) is 26.7. The summed E-state index contributed by atoms with van der Waals surface area (Å²) >= 11 is 1.15. The van der Waals surface area contributed by atoms with Crippen LogP contribution in [0, 0.1) is 11.3 Å². The predicted octanol–water partition coefficient (Wildman–Crippen LogP) is 4.95. The smallest absolute Gasteiger partial charge is 0.386 e. The maximum absolute atomic E-state index is 12.7. The number of allylic oxidation sites excluding steroid dienone is 2. The van der Waals surface area contributed by atoms with Crippen molar-refractivity contribution in [1.29, 1.82) is 0 Å². The summed E-state index contributed by atoms with van der Waals surface area (Å²) < 4.78 is 62.5. The number of imidazole rings is 1. The lowest BCUT2D eigenvalue weighted by Crippen LogP contribution is -2.46. The minimum absolute atomic E-state index is 0.0331. The zero-order valence-corrected chi connectivity index (χ0v) is 42.5. The molecule has 2 aromatic heterocycles. The van der Waals surface area contributed by atoms with Gasteiger partial charge in [-0.05, 0) is 31.6 Å². The van der Waals surface area contributed by atoms with Gasteiger partial charge in [-0.2, -0.15) is 4.31 Å². The molecular formula is C40H70N7O17P3S. The molecule has 0 saturated carbocycles. The number of carbonyl (C=O) groups excluding carboxylic acids is 3. The van der Waals surface area contributed by atoms with E-state index in [9.17, 15) is 57.9 Å². The summed E-state index contributed by atoms with van der Waals surface area (Å²) in [5.74, 6) is -0.327. The number of phosphoric ester groups is 3. The number of thioether (sulfide) groups is 1. The molecule has 0 aromatic carbocycles. The van der Waals surface area contributed by atoms with Crippen molar-refractivity contribution >= 4 is 69.1 Å². The van der Waals surface area contributed by atoms with E-state index in [2.05, 4.69) is 60.4 Å². The summed E-state index contributed by atoms with van der Waals surface area (Å²) in [6.45, 7) is 5.10. The van der Waals surface area contributed by atoms with Gasteiger partial charge in [-0.3, -0.25) is 32.5 Å².